The van der Waals surface area contributed by atoms with Gasteiger partial charge in [-0.05, 0) is 30.5 Å². The molecule has 0 atom stereocenters. The van der Waals surface area contributed by atoms with E-state index in [-0.39, 0.29) is 24.7 Å². The molecule has 0 unspecified atom stereocenters. The van der Waals surface area contributed by atoms with Gasteiger partial charge in [0.1, 0.15) is 0 Å². The number of para-hydroxylation sites is 1. The molecule has 152 valence electrons. The second-order valence-corrected chi connectivity index (χ2v) is 6.40. The van der Waals surface area contributed by atoms with Crippen LogP contribution in [-0.2, 0) is 20.7 Å². The molecule has 2 rings (SSSR count). The van der Waals surface area contributed by atoms with E-state index in [0.29, 0.717) is 24.4 Å². The summed E-state index contributed by atoms with van der Waals surface area (Å²) in [6, 6.07) is 16.7. The summed E-state index contributed by atoms with van der Waals surface area (Å²) in [5, 5.41) is 5.35. The first kappa shape index (κ1) is 21.9. The molecule has 0 spiro atoms. The van der Waals surface area contributed by atoms with E-state index in [9.17, 15) is 14.4 Å². The lowest BCUT2D eigenvalue weighted by Gasteiger charge is -2.11. The minimum Gasteiger partial charge on any atom is -0.466 e. The first-order valence-corrected chi connectivity index (χ1v) is 9.57. The predicted octanol–water partition coefficient (Wildman–Crippen LogP) is 3.50. The number of ether oxygens (including phenoxy) is 1. The highest BCUT2D eigenvalue weighted by atomic mass is 16.5. The van der Waals surface area contributed by atoms with E-state index in [2.05, 4.69) is 17.2 Å². The van der Waals surface area contributed by atoms with E-state index in [1.807, 2.05) is 30.3 Å². The lowest BCUT2D eigenvalue weighted by Crippen LogP contribution is -2.25. The number of hydrogen-bond donors (Lipinski definition) is 2. The topological polar surface area (TPSA) is 84.5 Å². The summed E-state index contributed by atoms with van der Waals surface area (Å²) in [5.41, 5.74) is 1.94. The molecule has 0 saturated carbocycles. The normalized spacial score (nSPS) is 10.1. The molecule has 2 N–H and O–H groups in total. The zero-order valence-electron chi connectivity index (χ0n) is 16.4. The molecular formula is C23H26N2O4. The number of aryl methyl sites for hydroxylation is 1. The van der Waals surface area contributed by atoms with Crippen LogP contribution in [0.15, 0.2) is 67.3 Å². The number of rotatable bonds is 11. The molecular weight excluding hydrogens is 368 g/mol. The van der Waals surface area contributed by atoms with Gasteiger partial charge in [0.05, 0.1) is 24.3 Å². The van der Waals surface area contributed by atoms with Crippen molar-refractivity contribution in [3.63, 3.8) is 0 Å². The van der Waals surface area contributed by atoms with Gasteiger partial charge in [0.15, 0.2) is 0 Å². The van der Waals surface area contributed by atoms with Gasteiger partial charge in [-0.3, -0.25) is 14.4 Å². The maximum Gasteiger partial charge on any atom is 0.306 e. The maximum atomic E-state index is 12.2. The van der Waals surface area contributed by atoms with Crippen molar-refractivity contribution in [2.45, 2.75) is 25.7 Å². The first-order valence-electron chi connectivity index (χ1n) is 9.57. The van der Waals surface area contributed by atoms with E-state index >= 15 is 0 Å². The van der Waals surface area contributed by atoms with Gasteiger partial charge in [-0.25, -0.2) is 0 Å². The third-order valence-electron chi connectivity index (χ3n) is 4.12. The van der Waals surface area contributed by atoms with Gasteiger partial charge in [0.2, 0.25) is 5.91 Å². The van der Waals surface area contributed by atoms with Crippen LogP contribution in [0, 0.1) is 0 Å². The highest BCUT2D eigenvalue weighted by Crippen LogP contribution is 2.15. The fourth-order valence-electron chi connectivity index (χ4n) is 2.66. The molecule has 2 aromatic rings. The van der Waals surface area contributed by atoms with Gasteiger partial charge in [0.25, 0.3) is 5.91 Å². The van der Waals surface area contributed by atoms with Crippen molar-refractivity contribution in [1.82, 2.24) is 5.32 Å². The Morgan fingerprint density at radius 3 is 2.45 bits per heavy atom. The molecule has 0 aromatic heterocycles. The average Bonchev–Trinajstić information content (AvgIpc) is 2.74. The number of anilines is 1. The zero-order chi connectivity index (χ0) is 20.9. The van der Waals surface area contributed by atoms with Crippen molar-refractivity contribution in [3.05, 3.63) is 78.4 Å². The highest BCUT2D eigenvalue weighted by molar-refractivity contribution is 6.04. The molecule has 0 radical (unpaired) electrons. The summed E-state index contributed by atoms with van der Waals surface area (Å²) < 4.78 is 5.18. The van der Waals surface area contributed by atoms with E-state index in [4.69, 9.17) is 4.74 Å². The van der Waals surface area contributed by atoms with Crippen molar-refractivity contribution < 1.29 is 19.1 Å². The first-order chi connectivity index (χ1) is 14.1. The SMILES string of the molecule is C=CCNC(=O)c1ccccc1NC(=O)CCC(=O)OCCCc1ccccc1. The number of benzene rings is 2. The molecule has 29 heavy (non-hydrogen) atoms. The van der Waals surface area contributed by atoms with Gasteiger partial charge in [-0.15, -0.1) is 6.58 Å². The predicted molar refractivity (Wildman–Crippen MR) is 113 cm³/mol. The van der Waals surface area contributed by atoms with E-state index < -0.39 is 5.97 Å². The Kier molecular flexibility index (Phi) is 9.15. The van der Waals surface area contributed by atoms with Crippen LogP contribution in [0.25, 0.3) is 0 Å². The Hall–Kier alpha value is -3.41. The van der Waals surface area contributed by atoms with Crippen molar-refractivity contribution in [2.75, 3.05) is 18.5 Å². The Morgan fingerprint density at radius 1 is 0.966 bits per heavy atom. The van der Waals surface area contributed by atoms with Crippen molar-refractivity contribution >= 4 is 23.5 Å². The summed E-state index contributed by atoms with van der Waals surface area (Å²) in [6.45, 7) is 4.20. The molecule has 6 heteroatoms. The fourth-order valence-corrected chi connectivity index (χ4v) is 2.66. The third-order valence-corrected chi connectivity index (χ3v) is 4.12. The Balaban J connectivity index is 1.72. The number of esters is 1. The van der Waals surface area contributed by atoms with Crippen molar-refractivity contribution in [3.8, 4) is 0 Å². The quantitative estimate of drug-likeness (QED) is 0.347. The van der Waals surface area contributed by atoms with Crippen molar-refractivity contribution in [1.29, 1.82) is 0 Å². The number of carbonyl (C=O) groups excluding carboxylic acids is 3. The van der Waals surface area contributed by atoms with E-state index in [1.165, 1.54) is 5.56 Å². The minimum absolute atomic E-state index is 0.0119. The highest BCUT2D eigenvalue weighted by Gasteiger charge is 2.13. The number of nitrogens with one attached hydrogen (secondary N) is 2. The summed E-state index contributed by atoms with van der Waals surface area (Å²) in [4.78, 5) is 36.1. The van der Waals surface area contributed by atoms with Crippen molar-refractivity contribution in [2.24, 2.45) is 0 Å². The number of amides is 2. The second-order valence-electron chi connectivity index (χ2n) is 6.40. The molecule has 0 heterocycles. The summed E-state index contributed by atoms with van der Waals surface area (Å²) >= 11 is 0. The molecule has 0 saturated heterocycles. The average molecular weight is 394 g/mol. The van der Waals surface area contributed by atoms with Gasteiger partial charge < -0.3 is 15.4 Å². The molecule has 0 aliphatic rings. The molecule has 6 nitrogen and oxygen atoms in total. The third kappa shape index (κ3) is 8.01. The smallest absolute Gasteiger partial charge is 0.306 e. The van der Waals surface area contributed by atoms with Crippen LogP contribution in [0.1, 0.15) is 35.2 Å². The lowest BCUT2D eigenvalue weighted by molar-refractivity contribution is -0.144. The van der Waals surface area contributed by atoms with Crippen LogP contribution >= 0.6 is 0 Å². The molecule has 2 aromatic carbocycles. The Labute approximate surface area is 171 Å². The number of carbonyl (C=O) groups is 3. The largest absolute Gasteiger partial charge is 0.466 e. The summed E-state index contributed by atoms with van der Waals surface area (Å²) in [7, 11) is 0. The maximum absolute atomic E-state index is 12.2. The number of hydrogen-bond acceptors (Lipinski definition) is 4. The minimum atomic E-state index is -0.412. The van der Waals surface area contributed by atoms with Gasteiger partial charge in [0, 0.05) is 13.0 Å². The van der Waals surface area contributed by atoms with Gasteiger partial charge in [-0.2, -0.15) is 0 Å². The summed E-state index contributed by atoms with van der Waals surface area (Å²) in [5.74, 6) is -1.07. The molecule has 0 aliphatic carbocycles. The van der Waals surface area contributed by atoms with Crippen LogP contribution in [-0.4, -0.2) is 30.9 Å². The van der Waals surface area contributed by atoms with Crippen LogP contribution in [0.5, 0.6) is 0 Å². The standard InChI is InChI=1S/C23H26N2O4/c1-2-16-24-23(28)19-12-6-7-13-20(19)25-21(26)14-15-22(27)29-17-8-11-18-9-4-3-5-10-18/h2-7,9-10,12-13H,1,8,11,14-17H2,(H,24,28)(H,25,26). The fraction of sp³-hybridized carbons (Fsp3) is 0.261. The monoisotopic (exact) mass is 394 g/mol. The van der Waals surface area contributed by atoms with Crippen LogP contribution < -0.4 is 10.6 Å². The molecule has 2 amide bonds. The van der Waals surface area contributed by atoms with Crippen LogP contribution in [0.4, 0.5) is 5.69 Å². The molecule has 0 bridgehead atoms. The zero-order valence-corrected chi connectivity index (χ0v) is 16.4. The van der Waals surface area contributed by atoms with E-state index in [1.54, 1.807) is 30.3 Å². The van der Waals surface area contributed by atoms with Gasteiger partial charge in [-0.1, -0.05) is 48.5 Å². The van der Waals surface area contributed by atoms with Gasteiger partial charge >= 0.3 is 5.97 Å². The van der Waals surface area contributed by atoms with Crippen LogP contribution in [0.2, 0.25) is 0 Å². The molecule has 0 aliphatic heterocycles. The van der Waals surface area contributed by atoms with E-state index in [0.717, 1.165) is 12.8 Å². The Bertz CT molecular complexity index is 834. The molecule has 0 fully saturated rings. The van der Waals surface area contributed by atoms with Crippen LogP contribution in [0.3, 0.4) is 0 Å². The second kappa shape index (κ2) is 12.1. The Morgan fingerprint density at radius 2 is 1.69 bits per heavy atom. The lowest BCUT2D eigenvalue weighted by atomic mass is 10.1. The summed E-state index contributed by atoms with van der Waals surface area (Å²) in [6.07, 6.45) is 3.11.